The van der Waals surface area contributed by atoms with Crippen LogP contribution < -0.4 is 20.3 Å². The van der Waals surface area contributed by atoms with Crippen LogP contribution in [0.15, 0.2) is 41.6 Å². The molecular weight excluding hydrogens is 380 g/mol. The van der Waals surface area contributed by atoms with Crippen LogP contribution >= 0.6 is 0 Å². The second-order valence-electron chi connectivity index (χ2n) is 6.49. The molecule has 1 amide bonds. The minimum atomic E-state index is -3.62. The second kappa shape index (κ2) is 8.98. The molecular formula is C18H24N6O3S. The fourth-order valence-electron chi connectivity index (χ4n) is 2.94. The third kappa shape index (κ3) is 5.40. The molecule has 1 aliphatic rings. The van der Waals surface area contributed by atoms with Crippen molar-refractivity contribution in [3.63, 3.8) is 0 Å². The Labute approximate surface area is 164 Å². The van der Waals surface area contributed by atoms with Gasteiger partial charge in [-0.3, -0.25) is 4.79 Å². The van der Waals surface area contributed by atoms with Crippen molar-refractivity contribution < 1.29 is 13.2 Å². The fraction of sp³-hybridized carbons (Fsp3) is 0.389. The summed E-state index contributed by atoms with van der Waals surface area (Å²) in [5.74, 6) is 1.34. The topological polar surface area (TPSA) is 116 Å². The molecule has 0 saturated carbocycles. The zero-order valence-electron chi connectivity index (χ0n) is 15.7. The minimum Gasteiger partial charge on any atom is -0.369 e. The summed E-state index contributed by atoms with van der Waals surface area (Å²) in [6.45, 7) is 3.98. The Morgan fingerprint density at radius 1 is 1.11 bits per heavy atom. The van der Waals surface area contributed by atoms with E-state index in [1.165, 1.54) is 38.2 Å². The SMILES string of the molecule is CC(=O)Nc1ccc(S(=O)(=O)NCCNc2cc(N3CCCC3)ncn2)cc1. The summed E-state index contributed by atoms with van der Waals surface area (Å²) in [6, 6.07) is 7.88. The lowest BCUT2D eigenvalue weighted by molar-refractivity contribution is -0.114. The first kappa shape index (κ1) is 20.0. The first-order valence-electron chi connectivity index (χ1n) is 9.12. The van der Waals surface area contributed by atoms with Crippen molar-refractivity contribution in [2.24, 2.45) is 0 Å². The third-order valence-electron chi connectivity index (χ3n) is 4.29. The summed E-state index contributed by atoms with van der Waals surface area (Å²) in [6.07, 6.45) is 3.84. The molecule has 0 radical (unpaired) electrons. The molecule has 1 aromatic heterocycles. The van der Waals surface area contributed by atoms with Crippen molar-refractivity contribution in [1.82, 2.24) is 14.7 Å². The van der Waals surface area contributed by atoms with E-state index in [9.17, 15) is 13.2 Å². The minimum absolute atomic E-state index is 0.139. The van der Waals surface area contributed by atoms with Crippen LogP contribution in [0.3, 0.4) is 0 Å². The molecule has 0 bridgehead atoms. The van der Waals surface area contributed by atoms with Gasteiger partial charge in [-0.25, -0.2) is 23.1 Å². The van der Waals surface area contributed by atoms with Gasteiger partial charge in [0.15, 0.2) is 0 Å². The summed E-state index contributed by atoms with van der Waals surface area (Å²) < 4.78 is 27.2. The van der Waals surface area contributed by atoms with Crippen molar-refractivity contribution in [2.75, 3.05) is 41.7 Å². The molecule has 9 nitrogen and oxygen atoms in total. The number of benzene rings is 1. The maximum atomic E-state index is 12.3. The van der Waals surface area contributed by atoms with Gasteiger partial charge in [0.1, 0.15) is 18.0 Å². The smallest absolute Gasteiger partial charge is 0.240 e. The van der Waals surface area contributed by atoms with Crippen LogP contribution in [0, 0.1) is 0 Å². The lowest BCUT2D eigenvalue weighted by Crippen LogP contribution is -2.29. The van der Waals surface area contributed by atoms with E-state index < -0.39 is 10.0 Å². The maximum absolute atomic E-state index is 12.3. The molecule has 10 heteroatoms. The number of hydrogen-bond acceptors (Lipinski definition) is 7. The van der Waals surface area contributed by atoms with Crippen LogP contribution in [0.4, 0.5) is 17.3 Å². The Morgan fingerprint density at radius 3 is 2.50 bits per heavy atom. The Balaban J connectivity index is 1.50. The number of carbonyl (C=O) groups is 1. The highest BCUT2D eigenvalue weighted by atomic mass is 32.2. The molecule has 0 unspecified atom stereocenters. The van der Waals surface area contributed by atoms with Gasteiger partial charge in [0.25, 0.3) is 0 Å². The van der Waals surface area contributed by atoms with E-state index in [0.717, 1.165) is 18.9 Å². The number of hydrogen-bond donors (Lipinski definition) is 3. The van der Waals surface area contributed by atoms with Crippen molar-refractivity contribution in [1.29, 1.82) is 0 Å². The average Bonchev–Trinajstić information content (AvgIpc) is 3.20. The highest BCUT2D eigenvalue weighted by Gasteiger charge is 2.15. The second-order valence-corrected chi connectivity index (χ2v) is 8.25. The van der Waals surface area contributed by atoms with Gasteiger partial charge >= 0.3 is 0 Å². The predicted octanol–water partition coefficient (Wildman–Crippen LogP) is 1.43. The van der Waals surface area contributed by atoms with Crippen LogP contribution in [0.5, 0.6) is 0 Å². The zero-order valence-corrected chi connectivity index (χ0v) is 16.5. The third-order valence-corrected chi connectivity index (χ3v) is 5.77. The Hall–Kier alpha value is -2.72. The van der Waals surface area contributed by atoms with Gasteiger partial charge in [0.2, 0.25) is 15.9 Å². The van der Waals surface area contributed by atoms with Gasteiger partial charge in [0.05, 0.1) is 4.90 Å². The van der Waals surface area contributed by atoms with E-state index in [-0.39, 0.29) is 17.3 Å². The van der Waals surface area contributed by atoms with Crippen LogP contribution in [-0.4, -0.2) is 50.5 Å². The van der Waals surface area contributed by atoms with Gasteiger partial charge in [-0.05, 0) is 37.1 Å². The highest BCUT2D eigenvalue weighted by Crippen LogP contribution is 2.19. The summed E-state index contributed by atoms with van der Waals surface area (Å²) in [7, 11) is -3.62. The first-order chi connectivity index (χ1) is 13.4. The van der Waals surface area contributed by atoms with Gasteiger partial charge in [-0.1, -0.05) is 0 Å². The lowest BCUT2D eigenvalue weighted by Gasteiger charge is -2.16. The molecule has 3 rings (SSSR count). The van der Waals surface area contributed by atoms with E-state index in [2.05, 4.69) is 30.2 Å². The highest BCUT2D eigenvalue weighted by molar-refractivity contribution is 7.89. The molecule has 1 aromatic carbocycles. The van der Waals surface area contributed by atoms with Crippen molar-refractivity contribution in [3.8, 4) is 0 Å². The number of nitrogens with one attached hydrogen (secondary N) is 3. The van der Waals surface area contributed by atoms with E-state index in [1.54, 1.807) is 12.1 Å². The normalized spacial score (nSPS) is 14.1. The Morgan fingerprint density at radius 2 is 1.82 bits per heavy atom. The summed E-state index contributed by atoms with van der Waals surface area (Å²) >= 11 is 0. The molecule has 2 heterocycles. The van der Waals surface area contributed by atoms with Gasteiger partial charge in [-0.15, -0.1) is 0 Å². The van der Waals surface area contributed by atoms with E-state index in [0.29, 0.717) is 18.1 Å². The predicted molar refractivity (Wildman–Crippen MR) is 108 cm³/mol. The molecule has 0 spiro atoms. The molecule has 0 atom stereocenters. The number of sulfonamides is 1. The maximum Gasteiger partial charge on any atom is 0.240 e. The number of nitrogens with zero attached hydrogens (tertiary/aromatic N) is 3. The fourth-order valence-corrected chi connectivity index (χ4v) is 3.97. The van der Waals surface area contributed by atoms with E-state index in [1.807, 2.05) is 6.07 Å². The molecule has 150 valence electrons. The van der Waals surface area contributed by atoms with Crippen LogP contribution in [0.1, 0.15) is 19.8 Å². The standard InChI is InChI=1S/C18H24N6O3S/c1-14(25)23-15-4-6-16(7-5-15)28(26,27)22-9-8-19-17-12-18(21-13-20-17)24-10-2-3-11-24/h4-7,12-13,22H,2-3,8-11H2,1H3,(H,23,25)(H,19,20,21). The van der Waals surface area contributed by atoms with Gasteiger partial charge < -0.3 is 15.5 Å². The number of rotatable bonds is 8. The van der Waals surface area contributed by atoms with Gasteiger partial charge in [0, 0.05) is 44.9 Å². The average molecular weight is 404 g/mol. The quantitative estimate of drug-likeness (QED) is 0.570. The van der Waals surface area contributed by atoms with E-state index >= 15 is 0 Å². The van der Waals surface area contributed by atoms with Gasteiger partial charge in [-0.2, -0.15) is 0 Å². The molecule has 2 aromatic rings. The van der Waals surface area contributed by atoms with Crippen LogP contribution in [-0.2, 0) is 14.8 Å². The largest absolute Gasteiger partial charge is 0.369 e. The van der Waals surface area contributed by atoms with E-state index in [4.69, 9.17) is 0 Å². The number of aromatic nitrogens is 2. The monoisotopic (exact) mass is 404 g/mol. The van der Waals surface area contributed by atoms with Crippen molar-refractivity contribution >= 4 is 33.3 Å². The Bertz CT molecular complexity index is 911. The molecule has 28 heavy (non-hydrogen) atoms. The lowest BCUT2D eigenvalue weighted by atomic mass is 10.3. The van der Waals surface area contributed by atoms with Crippen molar-refractivity contribution in [2.45, 2.75) is 24.7 Å². The summed E-state index contributed by atoms with van der Waals surface area (Å²) in [5.41, 5.74) is 0.547. The molecule has 1 fully saturated rings. The summed E-state index contributed by atoms with van der Waals surface area (Å²) in [4.78, 5) is 21.8. The van der Waals surface area contributed by atoms with Crippen LogP contribution in [0.25, 0.3) is 0 Å². The number of anilines is 3. The molecule has 0 aliphatic carbocycles. The number of amides is 1. The zero-order chi connectivity index (χ0) is 20.0. The molecule has 1 aliphatic heterocycles. The first-order valence-corrected chi connectivity index (χ1v) is 10.6. The summed E-state index contributed by atoms with van der Waals surface area (Å²) in [5, 5.41) is 5.71. The molecule has 3 N–H and O–H groups in total. The van der Waals surface area contributed by atoms with Crippen molar-refractivity contribution in [3.05, 3.63) is 36.7 Å². The Kier molecular flexibility index (Phi) is 6.42. The number of carbonyl (C=O) groups excluding carboxylic acids is 1. The van der Waals surface area contributed by atoms with Crippen LogP contribution in [0.2, 0.25) is 0 Å². The molecule has 1 saturated heterocycles.